The molecule has 178 valence electrons. The van der Waals surface area contributed by atoms with E-state index in [4.69, 9.17) is 9.72 Å². The number of piperidine rings is 1. The van der Waals surface area contributed by atoms with Crippen LogP contribution in [0.25, 0.3) is 11.2 Å². The molecule has 1 aliphatic heterocycles. The van der Waals surface area contributed by atoms with Crippen molar-refractivity contribution in [2.24, 2.45) is 20.0 Å². The Morgan fingerprint density at radius 1 is 1.18 bits per heavy atom. The lowest BCUT2D eigenvalue weighted by Gasteiger charge is -2.31. The van der Waals surface area contributed by atoms with Gasteiger partial charge in [0, 0.05) is 27.2 Å². The highest BCUT2D eigenvalue weighted by molar-refractivity contribution is 5.74. The molecule has 1 aromatic carbocycles. The van der Waals surface area contributed by atoms with Crippen LogP contribution in [0.1, 0.15) is 32.3 Å². The monoisotopic (exact) mass is 455 g/mol. The zero-order chi connectivity index (χ0) is 23.7. The van der Waals surface area contributed by atoms with E-state index in [-0.39, 0.29) is 13.2 Å². The summed E-state index contributed by atoms with van der Waals surface area (Å²) in [6.45, 7) is 6.15. The summed E-state index contributed by atoms with van der Waals surface area (Å²) in [5.74, 6) is 1.95. The number of aliphatic hydroxyl groups excluding tert-OH is 1. The molecule has 33 heavy (non-hydrogen) atoms. The molecule has 0 unspecified atom stereocenters. The number of aromatic nitrogens is 4. The van der Waals surface area contributed by atoms with E-state index in [1.807, 2.05) is 24.3 Å². The van der Waals surface area contributed by atoms with Gasteiger partial charge in [0.2, 0.25) is 5.95 Å². The molecule has 1 fully saturated rings. The molecule has 1 atom stereocenters. The third kappa shape index (κ3) is 4.55. The maximum atomic E-state index is 13.1. The number of ether oxygens (including phenoxy) is 1. The number of hydrogen-bond donors (Lipinski definition) is 1. The van der Waals surface area contributed by atoms with Crippen molar-refractivity contribution in [3.05, 3.63) is 50.7 Å². The van der Waals surface area contributed by atoms with E-state index in [0.717, 1.165) is 42.5 Å². The number of aryl methyl sites for hydroxylation is 2. The number of anilines is 1. The Kier molecular flexibility index (Phi) is 6.60. The summed E-state index contributed by atoms with van der Waals surface area (Å²) in [7, 11) is 3.08. The van der Waals surface area contributed by atoms with E-state index in [1.54, 1.807) is 11.6 Å². The molecule has 0 saturated carbocycles. The summed E-state index contributed by atoms with van der Waals surface area (Å²) in [6, 6.07) is 7.80. The van der Waals surface area contributed by atoms with Crippen molar-refractivity contribution < 1.29 is 9.84 Å². The van der Waals surface area contributed by atoms with Crippen LogP contribution in [0.5, 0.6) is 5.75 Å². The van der Waals surface area contributed by atoms with E-state index in [0.29, 0.717) is 28.8 Å². The van der Waals surface area contributed by atoms with Crippen molar-refractivity contribution in [2.45, 2.75) is 45.8 Å². The first-order chi connectivity index (χ1) is 15.8. The Labute approximate surface area is 192 Å². The van der Waals surface area contributed by atoms with Crippen molar-refractivity contribution in [3.63, 3.8) is 0 Å². The fourth-order valence-electron chi connectivity index (χ4n) is 4.37. The van der Waals surface area contributed by atoms with Crippen LogP contribution in [0.4, 0.5) is 5.95 Å². The maximum Gasteiger partial charge on any atom is 0.332 e. The summed E-state index contributed by atoms with van der Waals surface area (Å²) < 4.78 is 10.1. The second-order valence-electron chi connectivity index (χ2n) is 9.04. The molecule has 3 heterocycles. The largest absolute Gasteiger partial charge is 0.491 e. The van der Waals surface area contributed by atoms with E-state index in [1.165, 1.54) is 11.6 Å². The highest BCUT2D eigenvalue weighted by atomic mass is 16.5. The molecular weight excluding hydrogens is 422 g/mol. The Bertz CT molecular complexity index is 1250. The summed E-state index contributed by atoms with van der Waals surface area (Å²) >= 11 is 0. The molecule has 1 N–H and O–H groups in total. The molecule has 1 aliphatic rings. The van der Waals surface area contributed by atoms with Crippen LogP contribution in [0.15, 0.2) is 33.9 Å². The van der Waals surface area contributed by atoms with Gasteiger partial charge in [0.1, 0.15) is 18.5 Å². The minimum atomic E-state index is -0.864. The molecule has 4 rings (SSSR count). The Morgan fingerprint density at radius 2 is 1.91 bits per heavy atom. The number of aliphatic hydroxyl groups is 1. The Morgan fingerprint density at radius 3 is 2.61 bits per heavy atom. The molecule has 0 spiro atoms. The lowest BCUT2D eigenvalue weighted by Crippen LogP contribution is -2.38. The van der Waals surface area contributed by atoms with Crippen LogP contribution < -0.4 is 20.9 Å². The van der Waals surface area contributed by atoms with Gasteiger partial charge in [-0.15, -0.1) is 0 Å². The van der Waals surface area contributed by atoms with Gasteiger partial charge in [0.05, 0.1) is 6.54 Å². The van der Waals surface area contributed by atoms with Crippen molar-refractivity contribution >= 4 is 17.1 Å². The van der Waals surface area contributed by atoms with E-state index in [2.05, 4.69) is 18.7 Å². The standard InChI is InChI=1S/C24H33N5O4/c1-5-17-7-6-8-19(13-17)33-15-18(30)14-29-20-21(26(3)24(32)27(4)22(20)31)25-23(29)28-11-9-16(2)10-12-28/h6-8,13,16,18,30H,5,9-12,14-15H2,1-4H3/t18-/m1/s1. The van der Waals surface area contributed by atoms with Gasteiger partial charge >= 0.3 is 5.69 Å². The second-order valence-corrected chi connectivity index (χ2v) is 9.04. The van der Waals surface area contributed by atoms with E-state index >= 15 is 0 Å². The van der Waals surface area contributed by atoms with Gasteiger partial charge in [-0.3, -0.25) is 13.9 Å². The number of fused-ring (bicyclic) bond motifs is 1. The molecule has 1 saturated heterocycles. The van der Waals surface area contributed by atoms with Crippen LogP contribution >= 0.6 is 0 Å². The SMILES string of the molecule is CCc1cccc(OC[C@H](O)Cn2c(N3CCC(C)CC3)nc3c2c(=O)n(C)c(=O)n3C)c1. The average Bonchev–Trinajstić information content (AvgIpc) is 3.19. The maximum absolute atomic E-state index is 13.1. The summed E-state index contributed by atoms with van der Waals surface area (Å²) in [6.07, 6.45) is 2.09. The first-order valence-electron chi connectivity index (χ1n) is 11.6. The normalized spacial score (nSPS) is 15.8. The molecular formula is C24H33N5O4. The highest BCUT2D eigenvalue weighted by Gasteiger charge is 2.26. The summed E-state index contributed by atoms with van der Waals surface area (Å²) in [4.78, 5) is 32.4. The van der Waals surface area contributed by atoms with E-state index < -0.39 is 17.4 Å². The predicted molar refractivity (Wildman–Crippen MR) is 128 cm³/mol. The lowest BCUT2D eigenvalue weighted by molar-refractivity contribution is 0.0935. The van der Waals surface area contributed by atoms with Gasteiger partial charge in [-0.25, -0.2) is 4.79 Å². The van der Waals surface area contributed by atoms with Gasteiger partial charge in [-0.2, -0.15) is 4.98 Å². The third-order valence-corrected chi connectivity index (χ3v) is 6.54. The minimum absolute atomic E-state index is 0.0788. The predicted octanol–water partition coefficient (Wildman–Crippen LogP) is 1.67. The van der Waals surface area contributed by atoms with Crippen molar-refractivity contribution in [1.29, 1.82) is 0 Å². The Balaban J connectivity index is 1.67. The van der Waals surface area contributed by atoms with Crippen molar-refractivity contribution in [1.82, 2.24) is 18.7 Å². The summed E-state index contributed by atoms with van der Waals surface area (Å²) in [5, 5.41) is 10.8. The Hall–Kier alpha value is -3.07. The molecule has 9 nitrogen and oxygen atoms in total. The zero-order valence-electron chi connectivity index (χ0n) is 19.8. The van der Waals surface area contributed by atoms with Crippen molar-refractivity contribution in [3.8, 4) is 5.75 Å². The first kappa shape index (κ1) is 23.1. The number of nitrogens with zero attached hydrogens (tertiary/aromatic N) is 5. The topological polar surface area (TPSA) is 94.5 Å². The third-order valence-electron chi connectivity index (χ3n) is 6.54. The number of imidazole rings is 1. The second kappa shape index (κ2) is 9.43. The quantitative estimate of drug-likeness (QED) is 0.583. The molecule has 0 bridgehead atoms. The van der Waals surface area contributed by atoms with Gasteiger partial charge in [-0.1, -0.05) is 26.0 Å². The summed E-state index contributed by atoms with van der Waals surface area (Å²) in [5.41, 5.74) is 0.978. The van der Waals surface area contributed by atoms with Crippen LogP contribution in [-0.4, -0.2) is 49.6 Å². The zero-order valence-corrected chi connectivity index (χ0v) is 19.8. The van der Waals surface area contributed by atoms with Crippen LogP contribution in [0.2, 0.25) is 0 Å². The smallest absolute Gasteiger partial charge is 0.332 e. The van der Waals surface area contributed by atoms with Crippen LogP contribution in [-0.2, 0) is 27.1 Å². The number of hydrogen-bond acceptors (Lipinski definition) is 6. The van der Waals surface area contributed by atoms with Gasteiger partial charge in [0.25, 0.3) is 5.56 Å². The molecule has 0 amide bonds. The highest BCUT2D eigenvalue weighted by Crippen LogP contribution is 2.25. The molecule has 3 aromatic rings. The molecule has 0 radical (unpaired) electrons. The molecule has 0 aliphatic carbocycles. The average molecular weight is 456 g/mol. The van der Waals surface area contributed by atoms with Gasteiger partial charge in [0.15, 0.2) is 11.2 Å². The fraction of sp³-hybridized carbons (Fsp3) is 0.542. The fourth-order valence-corrected chi connectivity index (χ4v) is 4.37. The first-order valence-corrected chi connectivity index (χ1v) is 11.6. The van der Waals surface area contributed by atoms with Gasteiger partial charge < -0.3 is 19.3 Å². The number of benzene rings is 1. The van der Waals surface area contributed by atoms with Crippen molar-refractivity contribution in [2.75, 3.05) is 24.6 Å². The molecule has 9 heteroatoms. The van der Waals surface area contributed by atoms with Crippen LogP contribution in [0, 0.1) is 5.92 Å². The van der Waals surface area contributed by atoms with Gasteiger partial charge in [-0.05, 0) is 42.9 Å². The minimum Gasteiger partial charge on any atom is -0.491 e. The van der Waals surface area contributed by atoms with E-state index in [9.17, 15) is 14.7 Å². The lowest BCUT2D eigenvalue weighted by atomic mass is 10.00. The van der Waals surface area contributed by atoms with Crippen LogP contribution in [0.3, 0.4) is 0 Å². The number of rotatable bonds is 7. The molecule has 2 aromatic heterocycles.